The number of rotatable bonds is 7. The predicted octanol–water partition coefficient (Wildman–Crippen LogP) is 1.71. The number of amides is 1. The lowest BCUT2D eigenvalue weighted by Crippen LogP contribution is -2.44. The fourth-order valence-electron chi connectivity index (χ4n) is 3.73. The van der Waals surface area contributed by atoms with E-state index in [9.17, 15) is 13.2 Å². The van der Waals surface area contributed by atoms with Gasteiger partial charge in [0.25, 0.3) is 0 Å². The summed E-state index contributed by atoms with van der Waals surface area (Å²) in [5, 5.41) is 3.06. The Kier molecular flexibility index (Phi) is 7.83. The van der Waals surface area contributed by atoms with Crippen molar-refractivity contribution in [3.63, 3.8) is 0 Å². The maximum absolute atomic E-state index is 12.6. The normalized spacial score (nSPS) is 20.2. The van der Waals surface area contributed by atoms with E-state index >= 15 is 0 Å². The van der Waals surface area contributed by atoms with Crippen molar-refractivity contribution in [3.8, 4) is 0 Å². The highest BCUT2D eigenvalue weighted by atomic mass is 32.2. The molecule has 0 unspecified atom stereocenters. The molecule has 0 aromatic heterocycles. The van der Waals surface area contributed by atoms with Crippen molar-refractivity contribution in [2.24, 2.45) is 0 Å². The number of hydrogen-bond donors (Lipinski definition) is 1. The highest BCUT2D eigenvalue weighted by Gasteiger charge is 2.26. The summed E-state index contributed by atoms with van der Waals surface area (Å²) in [6.45, 7) is 6.97. The molecule has 7 nitrogen and oxygen atoms in total. The maximum atomic E-state index is 12.6. The van der Waals surface area contributed by atoms with Gasteiger partial charge in [0, 0.05) is 38.3 Å². The predicted molar refractivity (Wildman–Crippen MR) is 113 cm³/mol. The summed E-state index contributed by atoms with van der Waals surface area (Å²) < 4.78 is 31.9. The Hall–Kier alpha value is -1.74. The lowest BCUT2D eigenvalue weighted by atomic mass is 10.0. The average molecular weight is 422 g/mol. The molecule has 2 saturated heterocycles. The first kappa shape index (κ1) is 22.0. The Morgan fingerprint density at radius 3 is 2.41 bits per heavy atom. The minimum Gasteiger partial charge on any atom is -0.379 e. The summed E-state index contributed by atoms with van der Waals surface area (Å²) in [7, 11) is -3.49. The zero-order valence-electron chi connectivity index (χ0n) is 17.0. The van der Waals surface area contributed by atoms with Gasteiger partial charge in [-0.2, -0.15) is 4.31 Å². The van der Waals surface area contributed by atoms with Crippen LogP contribution in [0, 0.1) is 0 Å². The van der Waals surface area contributed by atoms with Crippen molar-refractivity contribution < 1.29 is 17.9 Å². The van der Waals surface area contributed by atoms with Crippen molar-refractivity contribution >= 4 is 22.0 Å². The van der Waals surface area contributed by atoms with Crippen LogP contribution in [0.1, 0.15) is 31.7 Å². The van der Waals surface area contributed by atoms with Crippen LogP contribution in [0.15, 0.2) is 35.2 Å². The van der Waals surface area contributed by atoms with Gasteiger partial charge in [-0.15, -0.1) is 0 Å². The van der Waals surface area contributed by atoms with E-state index in [2.05, 4.69) is 17.1 Å². The molecule has 0 saturated carbocycles. The van der Waals surface area contributed by atoms with Crippen LogP contribution in [0.5, 0.6) is 0 Å². The fraction of sp³-hybridized carbons (Fsp3) is 0.571. The van der Waals surface area contributed by atoms with Crippen molar-refractivity contribution in [2.45, 2.75) is 37.1 Å². The first-order valence-corrected chi connectivity index (χ1v) is 11.8. The summed E-state index contributed by atoms with van der Waals surface area (Å²) in [6.07, 6.45) is 6.35. The molecule has 1 aromatic carbocycles. The number of benzene rings is 1. The fourth-order valence-corrected chi connectivity index (χ4v) is 5.13. The van der Waals surface area contributed by atoms with Crippen molar-refractivity contribution in [2.75, 3.05) is 45.9 Å². The highest BCUT2D eigenvalue weighted by molar-refractivity contribution is 7.89. The lowest BCUT2D eigenvalue weighted by molar-refractivity contribution is -0.117. The lowest BCUT2D eigenvalue weighted by Gasteiger charge is -2.31. The van der Waals surface area contributed by atoms with Gasteiger partial charge in [0.2, 0.25) is 15.9 Å². The smallest absolute Gasteiger partial charge is 0.244 e. The number of carbonyl (C=O) groups is 1. The van der Waals surface area contributed by atoms with Gasteiger partial charge < -0.3 is 15.0 Å². The van der Waals surface area contributed by atoms with Crippen LogP contribution in [0.2, 0.25) is 0 Å². The molecule has 160 valence electrons. The molecule has 1 N–H and O–H groups in total. The van der Waals surface area contributed by atoms with E-state index < -0.39 is 10.0 Å². The monoisotopic (exact) mass is 421 g/mol. The van der Waals surface area contributed by atoms with E-state index in [0.717, 1.165) is 44.5 Å². The minimum atomic E-state index is -3.49. The van der Waals surface area contributed by atoms with Crippen LogP contribution >= 0.6 is 0 Å². The number of hydrogen-bond acceptors (Lipinski definition) is 5. The second-order valence-corrected chi connectivity index (χ2v) is 9.48. The molecule has 0 spiro atoms. The highest BCUT2D eigenvalue weighted by Crippen LogP contribution is 2.18. The first-order valence-electron chi connectivity index (χ1n) is 10.4. The van der Waals surface area contributed by atoms with Gasteiger partial charge in [-0.1, -0.05) is 19.1 Å². The second kappa shape index (κ2) is 10.3. The van der Waals surface area contributed by atoms with Crippen LogP contribution in [0.3, 0.4) is 0 Å². The number of ether oxygens (including phenoxy) is 1. The molecule has 3 rings (SSSR count). The third-order valence-electron chi connectivity index (χ3n) is 5.39. The molecule has 2 aliphatic heterocycles. The number of piperidine rings is 1. The van der Waals surface area contributed by atoms with Crippen molar-refractivity contribution in [1.29, 1.82) is 0 Å². The summed E-state index contributed by atoms with van der Waals surface area (Å²) in [6, 6.07) is 6.85. The van der Waals surface area contributed by atoms with Crippen LogP contribution in [-0.2, 0) is 19.6 Å². The SMILES string of the molecule is CCCN1CCC(NC(=O)/C=C/c2ccc(S(=O)(=O)N3CCOCC3)cc2)CC1. The summed E-state index contributed by atoms with van der Waals surface area (Å²) >= 11 is 0. The van der Waals surface area contributed by atoms with E-state index in [-0.39, 0.29) is 16.8 Å². The largest absolute Gasteiger partial charge is 0.379 e. The summed E-state index contributed by atoms with van der Waals surface area (Å²) in [5.41, 5.74) is 0.791. The number of likely N-dealkylation sites (tertiary alicyclic amines) is 1. The Balaban J connectivity index is 1.51. The second-order valence-electron chi connectivity index (χ2n) is 7.54. The molecule has 2 fully saturated rings. The first-order chi connectivity index (χ1) is 14.0. The van der Waals surface area contributed by atoms with E-state index in [1.165, 1.54) is 10.4 Å². The molecule has 29 heavy (non-hydrogen) atoms. The maximum Gasteiger partial charge on any atom is 0.244 e. The zero-order chi connectivity index (χ0) is 20.7. The van der Waals surface area contributed by atoms with E-state index in [1.54, 1.807) is 30.3 Å². The molecule has 1 aromatic rings. The zero-order valence-corrected chi connectivity index (χ0v) is 17.9. The minimum absolute atomic E-state index is 0.107. The number of carbonyl (C=O) groups excluding carboxylic acids is 1. The molecule has 8 heteroatoms. The Morgan fingerprint density at radius 1 is 1.14 bits per heavy atom. The molecule has 0 radical (unpaired) electrons. The van der Waals surface area contributed by atoms with Gasteiger partial charge in [0.15, 0.2) is 0 Å². The van der Waals surface area contributed by atoms with Gasteiger partial charge in [0.1, 0.15) is 0 Å². The standard InChI is InChI=1S/C21H31N3O4S/c1-2-11-23-12-9-19(10-13-23)22-21(25)8-5-18-3-6-20(7-4-18)29(26,27)24-14-16-28-17-15-24/h3-8,19H,2,9-17H2,1H3,(H,22,25)/b8-5+. The van der Waals surface area contributed by atoms with Crippen molar-refractivity contribution in [1.82, 2.24) is 14.5 Å². The van der Waals surface area contributed by atoms with E-state index in [0.29, 0.717) is 26.3 Å². The third-order valence-corrected chi connectivity index (χ3v) is 7.30. The average Bonchev–Trinajstić information content (AvgIpc) is 2.75. The molecular formula is C21H31N3O4S. The number of nitrogens with one attached hydrogen (secondary N) is 1. The van der Waals surface area contributed by atoms with Crippen LogP contribution in [0.25, 0.3) is 6.08 Å². The van der Waals surface area contributed by atoms with E-state index in [1.807, 2.05) is 0 Å². The van der Waals surface area contributed by atoms with Crippen LogP contribution in [0.4, 0.5) is 0 Å². The topological polar surface area (TPSA) is 79.0 Å². The van der Waals surface area contributed by atoms with Gasteiger partial charge in [0.05, 0.1) is 18.1 Å². The van der Waals surface area contributed by atoms with Gasteiger partial charge >= 0.3 is 0 Å². The molecule has 0 aliphatic carbocycles. The van der Waals surface area contributed by atoms with Crippen molar-refractivity contribution in [3.05, 3.63) is 35.9 Å². The van der Waals surface area contributed by atoms with Crippen LogP contribution < -0.4 is 5.32 Å². The molecule has 2 heterocycles. The Labute approximate surface area is 173 Å². The molecule has 2 aliphatic rings. The van der Waals surface area contributed by atoms with Gasteiger partial charge in [-0.05, 0) is 49.6 Å². The molecular weight excluding hydrogens is 390 g/mol. The Morgan fingerprint density at radius 2 is 1.79 bits per heavy atom. The van der Waals surface area contributed by atoms with Crippen LogP contribution in [-0.4, -0.2) is 75.5 Å². The third kappa shape index (κ3) is 6.12. The molecule has 1 amide bonds. The number of morpholine rings is 1. The number of nitrogens with zero attached hydrogens (tertiary/aromatic N) is 2. The molecule has 0 bridgehead atoms. The van der Waals surface area contributed by atoms with E-state index in [4.69, 9.17) is 4.74 Å². The Bertz CT molecular complexity index is 794. The summed E-state index contributed by atoms with van der Waals surface area (Å²) in [4.78, 5) is 14.9. The number of sulfonamides is 1. The summed E-state index contributed by atoms with van der Waals surface area (Å²) in [5.74, 6) is -0.107. The quantitative estimate of drug-likeness (QED) is 0.678. The molecule has 0 atom stereocenters. The van der Waals surface area contributed by atoms with Gasteiger partial charge in [-0.3, -0.25) is 4.79 Å². The van der Waals surface area contributed by atoms with Gasteiger partial charge in [-0.25, -0.2) is 8.42 Å².